The molecule has 1 rings (SSSR count). The summed E-state index contributed by atoms with van der Waals surface area (Å²) in [6, 6.07) is 0. The fraction of sp³-hybridized carbons (Fsp3) is 0.500. The average Bonchev–Trinajstić information content (AvgIpc) is 2.12. The fourth-order valence-electron chi connectivity index (χ4n) is 0.581. The Morgan fingerprint density at radius 1 is 1.89 bits per heavy atom. The van der Waals surface area contributed by atoms with Gasteiger partial charge in [-0.1, -0.05) is 4.68 Å². The lowest BCUT2D eigenvalue weighted by Gasteiger charge is -1.76. The minimum atomic E-state index is -0.403. The molecule has 5 heteroatoms. The highest BCUT2D eigenvalue weighted by Gasteiger charge is 2.12. The van der Waals surface area contributed by atoms with Gasteiger partial charge in [0.05, 0.1) is 6.54 Å². The Balaban J connectivity index is 3.23. The van der Waals surface area contributed by atoms with Gasteiger partial charge >= 0.3 is 11.3 Å². The zero-order chi connectivity index (χ0) is 6.85. The van der Waals surface area contributed by atoms with Crippen LogP contribution in [0.25, 0.3) is 0 Å². The van der Waals surface area contributed by atoms with Crippen LogP contribution in [0.3, 0.4) is 0 Å². The lowest BCUT2D eigenvalue weighted by Crippen LogP contribution is -2.37. The molecular formula is C4H8N3O2+. The number of hydrogen-bond donors (Lipinski definition) is 2. The largest absolute Gasteiger partial charge is 0.431 e. The first-order valence-electron chi connectivity index (χ1n) is 2.52. The quantitative estimate of drug-likeness (QED) is 0.443. The van der Waals surface area contributed by atoms with Gasteiger partial charge in [-0.25, -0.2) is 4.79 Å². The first-order chi connectivity index (χ1) is 4.25. The van der Waals surface area contributed by atoms with Gasteiger partial charge in [-0.15, -0.1) is 0 Å². The van der Waals surface area contributed by atoms with Crippen molar-refractivity contribution in [3.63, 3.8) is 0 Å². The van der Waals surface area contributed by atoms with Crippen LogP contribution in [0.4, 0.5) is 0 Å². The number of nitrogens with zero attached hydrogens (tertiary/aromatic N) is 1. The zero-order valence-electron chi connectivity index (χ0n) is 5.05. The number of nitrogens with two attached hydrogens (primary N) is 1. The van der Waals surface area contributed by atoms with E-state index in [4.69, 9.17) is 5.73 Å². The lowest BCUT2D eigenvalue weighted by atomic mass is 10.5. The van der Waals surface area contributed by atoms with E-state index in [2.05, 4.69) is 9.79 Å². The van der Waals surface area contributed by atoms with Gasteiger partial charge < -0.3 is 5.73 Å². The maximum absolute atomic E-state index is 10.6. The monoisotopic (exact) mass is 130 g/mol. The summed E-state index contributed by atoms with van der Waals surface area (Å²) < 4.78 is 5.84. The van der Waals surface area contributed by atoms with E-state index < -0.39 is 5.63 Å². The summed E-state index contributed by atoms with van der Waals surface area (Å²) in [5.74, 6) is 0. The Hall–Kier alpha value is -1.10. The summed E-state index contributed by atoms with van der Waals surface area (Å²) in [5, 5.41) is 2.34. The molecule has 0 aliphatic rings. The number of nitrogens with one attached hydrogen (secondary N) is 1. The molecule has 3 N–H and O–H groups in total. The molecule has 5 nitrogen and oxygen atoms in total. The second-order valence-electron chi connectivity index (χ2n) is 1.69. The van der Waals surface area contributed by atoms with Gasteiger partial charge in [0.25, 0.3) is 0 Å². The van der Waals surface area contributed by atoms with Gasteiger partial charge in [0.2, 0.25) is 0 Å². The fourth-order valence-corrected chi connectivity index (χ4v) is 0.581. The van der Waals surface area contributed by atoms with E-state index in [1.807, 2.05) is 0 Å². The first-order valence-corrected chi connectivity index (χ1v) is 2.52. The van der Waals surface area contributed by atoms with Crippen LogP contribution in [0.1, 0.15) is 5.69 Å². The van der Waals surface area contributed by atoms with Crippen molar-refractivity contribution in [2.24, 2.45) is 12.8 Å². The highest BCUT2D eigenvalue weighted by atomic mass is 16.5. The predicted octanol–water partition coefficient (Wildman–Crippen LogP) is -1.75. The van der Waals surface area contributed by atoms with Crippen molar-refractivity contribution in [1.29, 1.82) is 0 Å². The number of aryl methyl sites for hydroxylation is 1. The molecule has 9 heavy (non-hydrogen) atoms. The Morgan fingerprint density at radius 3 is 2.78 bits per heavy atom. The molecule has 0 aromatic carbocycles. The Kier molecular flexibility index (Phi) is 1.35. The van der Waals surface area contributed by atoms with Crippen LogP contribution in [0, 0.1) is 0 Å². The highest BCUT2D eigenvalue weighted by Crippen LogP contribution is 1.72. The van der Waals surface area contributed by atoms with E-state index in [0.717, 1.165) is 0 Å². The van der Waals surface area contributed by atoms with E-state index in [9.17, 15) is 4.79 Å². The maximum Gasteiger partial charge on any atom is 0.431 e. The minimum Gasteiger partial charge on any atom is -0.321 e. The molecule has 0 fully saturated rings. The van der Waals surface area contributed by atoms with Gasteiger partial charge in [-0.2, -0.15) is 0 Å². The third kappa shape index (κ3) is 0.857. The molecule has 1 aromatic heterocycles. The number of rotatable bonds is 1. The predicted molar refractivity (Wildman–Crippen MR) is 28.4 cm³/mol. The normalized spacial score (nSPS) is 10.0. The Labute approximate surface area is 51.0 Å². The molecule has 50 valence electrons. The summed E-state index contributed by atoms with van der Waals surface area (Å²) in [6.45, 7) is 0.197. The summed E-state index contributed by atoms with van der Waals surface area (Å²) in [7, 11) is 1.66. The van der Waals surface area contributed by atoms with Crippen molar-refractivity contribution in [3.05, 3.63) is 16.1 Å². The standard InChI is InChI=1S/C4H7N3O2/c1-7-3(2-5)4(8)9-6-7/h2,5H2,1H3/p+1. The summed E-state index contributed by atoms with van der Waals surface area (Å²) >= 11 is 0. The number of H-pyrrole nitrogens is 1. The smallest absolute Gasteiger partial charge is 0.321 e. The van der Waals surface area contributed by atoms with Gasteiger partial charge in [0.1, 0.15) is 0 Å². The molecular weight excluding hydrogens is 122 g/mol. The zero-order valence-corrected chi connectivity index (χ0v) is 5.05. The van der Waals surface area contributed by atoms with Crippen LogP contribution in [-0.4, -0.2) is 5.27 Å². The number of aromatic nitrogens is 2. The van der Waals surface area contributed by atoms with Gasteiger partial charge in [-0.3, -0.25) is 4.52 Å². The van der Waals surface area contributed by atoms with Crippen LogP contribution in [0.5, 0.6) is 0 Å². The molecule has 0 aliphatic heterocycles. The molecule has 0 atom stereocenters. The van der Waals surface area contributed by atoms with E-state index in [-0.39, 0.29) is 6.54 Å². The molecule has 0 unspecified atom stereocenters. The maximum atomic E-state index is 10.6. The second-order valence-corrected chi connectivity index (χ2v) is 1.69. The molecule has 1 aromatic rings. The van der Waals surface area contributed by atoms with Gasteiger partial charge in [-0.05, 0) is 5.27 Å². The topological polar surface area (TPSA) is 75.9 Å². The van der Waals surface area contributed by atoms with E-state index in [1.54, 1.807) is 7.05 Å². The molecule has 0 saturated heterocycles. The highest BCUT2D eigenvalue weighted by molar-refractivity contribution is 4.79. The molecule has 0 bridgehead atoms. The molecule has 0 saturated carbocycles. The molecule has 0 radical (unpaired) electrons. The Morgan fingerprint density at radius 2 is 2.56 bits per heavy atom. The summed E-state index contributed by atoms with van der Waals surface area (Å²) in [5.41, 5.74) is 5.23. The van der Waals surface area contributed by atoms with Crippen molar-refractivity contribution in [2.75, 3.05) is 0 Å². The van der Waals surface area contributed by atoms with Crippen molar-refractivity contribution in [2.45, 2.75) is 6.54 Å². The summed E-state index contributed by atoms with van der Waals surface area (Å²) in [4.78, 5) is 10.6. The van der Waals surface area contributed by atoms with Crippen molar-refractivity contribution < 1.29 is 9.20 Å². The minimum absolute atomic E-state index is 0.197. The Bertz CT molecular complexity index is 249. The third-order valence-electron chi connectivity index (χ3n) is 1.11. The van der Waals surface area contributed by atoms with Crippen LogP contribution < -0.4 is 16.0 Å². The molecule has 1 heterocycles. The van der Waals surface area contributed by atoms with E-state index in [0.29, 0.717) is 5.69 Å². The van der Waals surface area contributed by atoms with E-state index in [1.165, 1.54) is 4.68 Å². The average molecular weight is 130 g/mol. The molecule has 0 spiro atoms. The molecule has 0 amide bonds. The van der Waals surface area contributed by atoms with E-state index >= 15 is 0 Å². The second kappa shape index (κ2) is 2.02. The number of hydrogen-bond acceptors (Lipinski definition) is 3. The van der Waals surface area contributed by atoms with Gasteiger partial charge in [0, 0.05) is 0 Å². The van der Waals surface area contributed by atoms with Crippen LogP contribution in [0.15, 0.2) is 9.32 Å². The number of aromatic amines is 1. The van der Waals surface area contributed by atoms with Crippen molar-refractivity contribution in [3.8, 4) is 0 Å². The van der Waals surface area contributed by atoms with Crippen LogP contribution in [0.2, 0.25) is 0 Å². The first kappa shape index (κ1) is 6.03. The van der Waals surface area contributed by atoms with Crippen LogP contribution in [-0.2, 0) is 13.6 Å². The van der Waals surface area contributed by atoms with Crippen LogP contribution >= 0.6 is 0 Å². The third-order valence-corrected chi connectivity index (χ3v) is 1.11. The SMILES string of the molecule is C[n+]1[nH]oc(=O)c1CN. The van der Waals surface area contributed by atoms with Gasteiger partial charge in [0.15, 0.2) is 7.05 Å². The lowest BCUT2D eigenvalue weighted by molar-refractivity contribution is -0.746. The molecule has 0 aliphatic carbocycles. The summed E-state index contributed by atoms with van der Waals surface area (Å²) in [6.07, 6.45) is 0. The van der Waals surface area contributed by atoms with Crippen molar-refractivity contribution >= 4 is 0 Å². The van der Waals surface area contributed by atoms with Crippen molar-refractivity contribution in [1.82, 2.24) is 5.27 Å².